The minimum Gasteiger partial charge on any atom is -0.482 e. The van der Waals surface area contributed by atoms with E-state index in [0.717, 1.165) is 18.4 Å². The highest BCUT2D eigenvalue weighted by Crippen LogP contribution is 2.29. The number of likely N-dealkylation sites (N-methyl/N-ethyl adjacent to an activating group) is 1. The fourth-order valence-corrected chi connectivity index (χ4v) is 2.38. The van der Waals surface area contributed by atoms with Crippen LogP contribution in [-0.4, -0.2) is 35.1 Å². The first-order valence-electron chi connectivity index (χ1n) is 6.92. The first-order valence-corrected chi connectivity index (χ1v) is 7.30. The van der Waals surface area contributed by atoms with Gasteiger partial charge in [0.05, 0.1) is 11.1 Å². The van der Waals surface area contributed by atoms with Crippen LogP contribution < -0.4 is 4.74 Å². The summed E-state index contributed by atoms with van der Waals surface area (Å²) in [6.45, 7) is 4.35. The van der Waals surface area contributed by atoms with E-state index in [9.17, 15) is 9.90 Å². The van der Waals surface area contributed by atoms with Crippen molar-refractivity contribution in [1.82, 2.24) is 4.90 Å². The van der Waals surface area contributed by atoms with E-state index in [0.29, 0.717) is 23.4 Å². The topological polar surface area (TPSA) is 49.8 Å². The molecule has 1 N–H and O–H groups in total. The lowest BCUT2D eigenvalue weighted by Crippen LogP contribution is -2.36. The van der Waals surface area contributed by atoms with Crippen LogP contribution in [-0.2, 0) is 4.79 Å². The Bertz CT molecular complexity index is 486. The van der Waals surface area contributed by atoms with Gasteiger partial charge in [0, 0.05) is 12.6 Å². The maximum absolute atomic E-state index is 12.0. The molecule has 0 saturated heterocycles. The Morgan fingerprint density at radius 1 is 1.55 bits per heavy atom. The van der Waals surface area contributed by atoms with Gasteiger partial charge in [-0.3, -0.25) is 4.79 Å². The van der Waals surface area contributed by atoms with Crippen LogP contribution in [0.15, 0.2) is 18.2 Å². The third-order valence-electron chi connectivity index (χ3n) is 3.44. The van der Waals surface area contributed by atoms with E-state index >= 15 is 0 Å². The third-order valence-corrected chi connectivity index (χ3v) is 3.73. The van der Waals surface area contributed by atoms with Crippen molar-refractivity contribution in [3.8, 4) is 5.75 Å². The van der Waals surface area contributed by atoms with Crippen molar-refractivity contribution in [2.24, 2.45) is 0 Å². The highest BCUT2D eigenvalue weighted by molar-refractivity contribution is 6.32. The molecule has 110 valence electrons. The Labute approximate surface area is 124 Å². The molecule has 1 aromatic rings. The molecule has 20 heavy (non-hydrogen) atoms. The van der Waals surface area contributed by atoms with Crippen LogP contribution in [0.1, 0.15) is 38.4 Å². The quantitative estimate of drug-likeness (QED) is 0.878. The Kier molecular flexibility index (Phi) is 4.89. The lowest BCUT2D eigenvalue weighted by atomic mass is 10.1. The molecule has 0 aromatic heterocycles. The van der Waals surface area contributed by atoms with Crippen LogP contribution in [0.3, 0.4) is 0 Å². The van der Waals surface area contributed by atoms with Gasteiger partial charge in [-0.2, -0.15) is 0 Å². The number of aliphatic hydroxyl groups is 1. The normalized spacial score (nSPS) is 15.8. The Hall–Kier alpha value is -1.26. The van der Waals surface area contributed by atoms with Crippen LogP contribution in [0, 0.1) is 0 Å². The second kappa shape index (κ2) is 6.46. The van der Waals surface area contributed by atoms with Gasteiger partial charge in [0.25, 0.3) is 5.91 Å². The number of amides is 1. The van der Waals surface area contributed by atoms with Crippen molar-refractivity contribution < 1.29 is 14.6 Å². The van der Waals surface area contributed by atoms with Crippen molar-refractivity contribution in [3.05, 3.63) is 28.8 Å². The third kappa shape index (κ3) is 3.64. The number of hydrogen-bond acceptors (Lipinski definition) is 3. The summed E-state index contributed by atoms with van der Waals surface area (Å²) in [7, 11) is 0. The van der Waals surface area contributed by atoms with Crippen molar-refractivity contribution >= 4 is 17.5 Å². The molecule has 1 saturated carbocycles. The summed E-state index contributed by atoms with van der Waals surface area (Å²) in [5, 5.41) is 9.88. The highest BCUT2D eigenvalue weighted by Gasteiger charge is 2.31. The van der Waals surface area contributed by atoms with Gasteiger partial charge >= 0.3 is 0 Å². The predicted octanol–water partition coefficient (Wildman–Crippen LogP) is 2.78. The van der Waals surface area contributed by atoms with E-state index < -0.39 is 6.10 Å². The van der Waals surface area contributed by atoms with Crippen LogP contribution in [0.2, 0.25) is 5.02 Å². The van der Waals surface area contributed by atoms with Crippen LogP contribution in [0.4, 0.5) is 0 Å². The van der Waals surface area contributed by atoms with Gasteiger partial charge in [0.2, 0.25) is 0 Å². The van der Waals surface area contributed by atoms with Gasteiger partial charge < -0.3 is 14.7 Å². The van der Waals surface area contributed by atoms with Crippen molar-refractivity contribution in [3.63, 3.8) is 0 Å². The summed E-state index contributed by atoms with van der Waals surface area (Å²) in [5.74, 6) is 0.460. The molecule has 5 heteroatoms. The lowest BCUT2D eigenvalue weighted by Gasteiger charge is -2.20. The Morgan fingerprint density at radius 2 is 2.25 bits per heavy atom. The van der Waals surface area contributed by atoms with E-state index in [1.807, 2.05) is 11.8 Å². The highest BCUT2D eigenvalue weighted by atomic mass is 35.5. The van der Waals surface area contributed by atoms with Gasteiger partial charge in [-0.25, -0.2) is 0 Å². The molecule has 0 aliphatic heterocycles. The number of aliphatic hydroxyl groups excluding tert-OH is 1. The van der Waals surface area contributed by atoms with Crippen molar-refractivity contribution in [2.75, 3.05) is 13.2 Å². The minimum atomic E-state index is -0.575. The smallest absolute Gasteiger partial charge is 0.260 e. The van der Waals surface area contributed by atoms with Crippen LogP contribution >= 0.6 is 11.6 Å². The SMILES string of the molecule is CCN(C(=O)COc1ccc([C@@H](C)O)cc1Cl)C1CC1. The van der Waals surface area contributed by atoms with Gasteiger partial charge in [-0.15, -0.1) is 0 Å². The Balaban J connectivity index is 1.95. The molecule has 1 amide bonds. The van der Waals surface area contributed by atoms with E-state index in [2.05, 4.69) is 0 Å². The minimum absolute atomic E-state index is 0.00190. The van der Waals surface area contributed by atoms with Crippen LogP contribution in [0.5, 0.6) is 5.75 Å². The van der Waals surface area contributed by atoms with Gasteiger partial charge in [0.15, 0.2) is 6.61 Å². The second-order valence-corrected chi connectivity index (χ2v) is 5.47. The molecule has 1 fully saturated rings. The molecule has 2 rings (SSSR count). The number of ether oxygens (including phenoxy) is 1. The monoisotopic (exact) mass is 297 g/mol. The van der Waals surface area contributed by atoms with E-state index in [1.165, 1.54) is 0 Å². The largest absolute Gasteiger partial charge is 0.482 e. The maximum atomic E-state index is 12.0. The van der Waals surface area contributed by atoms with Crippen molar-refractivity contribution in [1.29, 1.82) is 0 Å². The molecular weight excluding hydrogens is 278 g/mol. The zero-order chi connectivity index (χ0) is 14.7. The molecule has 0 spiro atoms. The fraction of sp³-hybridized carbons (Fsp3) is 0.533. The molecule has 0 radical (unpaired) electrons. The predicted molar refractivity (Wildman–Crippen MR) is 78.0 cm³/mol. The van der Waals surface area contributed by atoms with E-state index in [-0.39, 0.29) is 12.5 Å². The Morgan fingerprint density at radius 3 is 2.75 bits per heavy atom. The molecule has 0 bridgehead atoms. The molecular formula is C15H20ClNO3. The number of hydrogen-bond donors (Lipinski definition) is 1. The van der Waals surface area contributed by atoms with Gasteiger partial charge in [-0.05, 0) is 44.4 Å². The molecule has 1 aliphatic rings. The molecule has 1 aromatic carbocycles. The first-order chi connectivity index (χ1) is 9.52. The molecule has 1 atom stereocenters. The number of halogens is 1. The number of carbonyl (C=O) groups excluding carboxylic acids is 1. The summed E-state index contributed by atoms with van der Waals surface area (Å²) in [6, 6.07) is 5.48. The van der Waals surface area contributed by atoms with Crippen LogP contribution in [0.25, 0.3) is 0 Å². The zero-order valence-electron chi connectivity index (χ0n) is 11.8. The first kappa shape index (κ1) is 15.1. The molecule has 4 nitrogen and oxygen atoms in total. The summed E-state index contributed by atoms with van der Waals surface area (Å²) in [5.41, 5.74) is 0.724. The lowest BCUT2D eigenvalue weighted by molar-refractivity contribution is -0.133. The number of benzene rings is 1. The van der Waals surface area contributed by atoms with Gasteiger partial charge in [0.1, 0.15) is 5.75 Å². The fourth-order valence-electron chi connectivity index (χ4n) is 2.14. The van der Waals surface area contributed by atoms with E-state index in [1.54, 1.807) is 25.1 Å². The number of carbonyl (C=O) groups is 1. The molecule has 1 aliphatic carbocycles. The zero-order valence-corrected chi connectivity index (χ0v) is 12.6. The summed E-state index contributed by atoms with van der Waals surface area (Å²) in [4.78, 5) is 13.9. The van der Waals surface area contributed by atoms with Gasteiger partial charge in [-0.1, -0.05) is 17.7 Å². The summed E-state index contributed by atoms with van der Waals surface area (Å²) in [6.07, 6.45) is 1.60. The van der Waals surface area contributed by atoms with Crippen molar-refractivity contribution in [2.45, 2.75) is 38.8 Å². The maximum Gasteiger partial charge on any atom is 0.260 e. The number of rotatable bonds is 6. The summed E-state index contributed by atoms with van der Waals surface area (Å²) < 4.78 is 5.49. The average Bonchev–Trinajstić information content (AvgIpc) is 3.22. The average molecular weight is 298 g/mol. The number of nitrogens with zero attached hydrogens (tertiary/aromatic N) is 1. The molecule has 0 unspecified atom stereocenters. The second-order valence-electron chi connectivity index (χ2n) is 5.07. The molecule has 0 heterocycles. The standard InChI is InChI=1S/C15H20ClNO3/c1-3-17(12-5-6-12)15(19)9-20-14-7-4-11(10(2)18)8-13(14)16/h4,7-8,10,12,18H,3,5-6,9H2,1-2H3/t10-/m1/s1. The summed E-state index contributed by atoms with van der Waals surface area (Å²) >= 11 is 6.08. The van der Waals surface area contributed by atoms with E-state index in [4.69, 9.17) is 16.3 Å².